The van der Waals surface area contributed by atoms with E-state index in [0.29, 0.717) is 10.9 Å². The summed E-state index contributed by atoms with van der Waals surface area (Å²) < 4.78 is 16.0. The van der Waals surface area contributed by atoms with Gasteiger partial charge in [-0.3, -0.25) is 4.68 Å². The fourth-order valence-electron chi connectivity index (χ4n) is 2.57. The second kappa shape index (κ2) is 6.06. The van der Waals surface area contributed by atoms with E-state index in [1.165, 1.54) is 11.6 Å². The van der Waals surface area contributed by atoms with Gasteiger partial charge in [-0.05, 0) is 54.9 Å². The topological polar surface area (TPSA) is 29.9 Å². The zero-order valence-corrected chi connectivity index (χ0v) is 13.8. The van der Waals surface area contributed by atoms with Crippen LogP contribution in [0.5, 0.6) is 0 Å². The lowest BCUT2D eigenvalue weighted by Gasteiger charge is -2.18. The van der Waals surface area contributed by atoms with E-state index in [2.05, 4.69) is 33.3 Å². The van der Waals surface area contributed by atoms with Crippen LogP contribution < -0.4 is 5.32 Å². The molecule has 108 valence electrons. The first kappa shape index (κ1) is 15.2. The van der Waals surface area contributed by atoms with Gasteiger partial charge >= 0.3 is 0 Å². The molecule has 0 amide bonds. The van der Waals surface area contributed by atoms with Crippen LogP contribution in [0.25, 0.3) is 0 Å². The highest BCUT2D eigenvalue weighted by Crippen LogP contribution is 2.28. The van der Waals surface area contributed by atoms with Gasteiger partial charge in [-0.1, -0.05) is 12.1 Å². The van der Waals surface area contributed by atoms with Gasteiger partial charge < -0.3 is 5.32 Å². The summed E-state index contributed by atoms with van der Waals surface area (Å²) in [5.74, 6) is -0.225. The van der Waals surface area contributed by atoms with Crippen molar-refractivity contribution in [1.82, 2.24) is 15.1 Å². The molecule has 0 fully saturated rings. The zero-order valence-electron chi connectivity index (χ0n) is 12.2. The van der Waals surface area contributed by atoms with Gasteiger partial charge in [-0.2, -0.15) is 5.10 Å². The Kier molecular flexibility index (Phi) is 4.60. The molecule has 0 saturated heterocycles. The van der Waals surface area contributed by atoms with Crippen molar-refractivity contribution in [1.29, 1.82) is 0 Å². The van der Waals surface area contributed by atoms with Crippen LogP contribution in [0, 0.1) is 19.7 Å². The largest absolute Gasteiger partial charge is 0.313 e. The fourth-order valence-corrected chi connectivity index (χ4v) is 2.99. The van der Waals surface area contributed by atoms with Crippen LogP contribution in [0.2, 0.25) is 0 Å². The molecular formula is C15H19BrFN3. The normalized spacial score (nSPS) is 12.7. The van der Waals surface area contributed by atoms with E-state index in [1.807, 2.05) is 31.8 Å². The number of likely N-dealkylation sites (N-methyl/N-ethyl adjacent to an activating group) is 1. The third-order valence-corrected chi connectivity index (χ3v) is 4.61. The lowest BCUT2D eigenvalue weighted by Crippen LogP contribution is -2.20. The second-order valence-electron chi connectivity index (χ2n) is 4.97. The van der Waals surface area contributed by atoms with Crippen molar-refractivity contribution in [2.24, 2.45) is 7.05 Å². The van der Waals surface area contributed by atoms with Crippen LogP contribution in [-0.2, 0) is 13.5 Å². The SMILES string of the molecule is CNC(Cc1cccc(F)c1Br)c1c(C)nn(C)c1C. The molecule has 0 aliphatic rings. The Bertz CT molecular complexity index is 622. The van der Waals surface area contributed by atoms with E-state index in [-0.39, 0.29) is 11.9 Å². The predicted molar refractivity (Wildman–Crippen MR) is 82.3 cm³/mol. The molecule has 2 aromatic rings. The molecule has 0 radical (unpaired) electrons. The molecule has 2 rings (SSSR count). The summed E-state index contributed by atoms with van der Waals surface area (Å²) in [7, 11) is 3.86. The van der Waals surface area contributed by atoms with Gasteiger partial charge in [0.1, 0.15) is 5.82 Å². The van der Waals surface area contributed by atoms with Crippen molar-refractivity contribution >= 4 is 15.9 Å². The number of hydrogen-bond acceptors (Lipinski definition) is 2. The first-order chi connectivity index (χ1) is 9.45. The summed E-state index contributed by atoms with van der Waals surface area (Å²) >= 11 is 3.33. The molecule has 0 bridgehead atoms. The molecule has 1 aromatic carbocycles. The molecule has 20 heavy (non-hydrogen) atoms. The average molecular weight is 340 g/mol. The molecule has 1 heterocycles. The first-order valence-electron chi connectivity index (χ1n) is 6.56. The van der Waals surface area contributed by atoms with E-state index in [1.54, 1.807) is 6.07 Å². The van der Waals surface area contributed by atoms with Crippen LogP contribution in [-0.4, -0.2) is 16.8 Å². The Morgan fingerprint density at radius 2 is 2.10 bits per heavy atom. The van der Waals surface area contributed by atoms with Crippen molar-refractivity contribution in [3.63, 3.8) is 0 Å². The maximum Gasteiger partial charge on any atom is 0.137 e. The Morgan fingerprint density at radius 3 is 2.65 bits per heavy atom. The minimum Gasteiger partial charge on any atom is -0.313 e. The van der Waals surface area contributed by atoms with Gasteiger partial charge in [0.15, 0.2) is 0 Å². The highest BCUT2D eigenvalue weighted by atomic mass is 79.9. The molecule has 3 nitrogen and oxygen atoms in total. The van der Waals surface area contributed by atoms with Gasteiger partial charge in [0.25, 0.3) is 0 Å². The maximum atomic E-state index is 13.6. The first-order valence-corrected chi connectivity index (χ1v) is 7.35. The number of halogens is 2. The van der Waals surface area contributed by atoms with Crippen molar-refractivity contribution in [3.8, 4) is 0 Å². The minimum absolute atomic E-state index is 0.113. The lowest BCUT2D eigenvalue weighted by atomic mass is 9.97. The Hall–Kier alpha value is -1.20. The molecule has 0 saturated carbocycles. The Balaban J connectivity index is 2.36. The van der Waals surface area contributed by atoms with E-state index < -0.39 is 0 Å². The van der Waals surface area contributed by atoms with E-state index in [9.17, 15) is 4.39 Å². The van der Waals surface area contributed by atoms with Crippen molar-refractivity contribution < 1.29 is 4.39 Å². The number of rotatable bonds is 4. The van der Waals surface area contributed by atoms with Crippen LogP contribution in [0.15, 0.2) is 22.7 Å². The number of aryl methyl sites for hydroxylation is 2. The summed E-state index contributed by atoms with van der Waals surface area (Å²) in [5.41, 5.74) is 4.28. The third-order valence-electron chi connectivity index (χ3n) is 3.72. The summed E-state index contributed by atoms with van der Waals surface area (Å²) in [6.45, 7) is 4.06. The number of hydrogen-bond donors (Lipinski definition) is 1. The van der Waals surface area contributed by atoms with E-state index >= 15 is 0 Å². The summed E-state index contributed by atoms with van der Waals surface area (Å²) in [5, 5.41) is 7.76. The lowest BCUT2D eigenvalue weighted by molar-refractivity contribution is 0.574. The van der Waals surface area contributed by atoms with Crippen LogP contribution in [0.1, 0.15) is 28.6 Å². The van der Waals surface area contributed by atoms with E-state index in [0.717, 1.165) is 17.0 Å². The monoisotopic (exact) mass is 339 g/mol. The van der Waals surface area contributed by atoms with Crippen LogP contribution >= 0.6 is 15.9 Å². The standard InChI is InChI=1S/C15H19BrFN3/c1-9-14(10(2)20(4)19-9)13(18-3)8-11-6-5-7-12(17)15(11)16/h5-7,13,18H,8H2,1-4H3. The molecule has 0 spiro atoms. The molecule has 1 unspecified atom stereocenters. The van der Waals surface area contributed by atoms with Crippen molar-refractivity contribution in [2.45, 2.75) is 26.3 Å². The Labute approximate surface area is 127 Å². The van der Waals surface area contributed by atoms with Crippen LogP contribution in [0.3, 0.4) is 0 Å². The third kappa shape index (κ3) is 2.79. The number of nitrogens with zero attached hydrogens (tertiary/aromatic N) is 2. The molecular weight excluding hydrogens is 321 g/mol. The average Bonchev–Trinajstić information content (AvgIpc) is 2.66. The fraction of sp³-hybridized carbons (Fsp3) is 0.400. The molecule has 1 aromatic heterocycles. The molecule has 0 aliphatic heterocycles. The summed E-state index contributed by atoms with van der Waals surface area (Å²) in [6, 6.07) is 5.26. The van der Waals surface area contributed by atoms with Crippen LogP contribution in [0.4, 0.5) is 4.39 Å². The summed E-state index contributed by atoms with van der Waals surface area (Å²) in [4.78, 5) is 0. The van der Waals surface area contributed by atoms with Gasteiger partial charge in [-0.25, -0.2) is 4.39 Å². The predicted octanol–water partition coefficient (Wildman–Crippen LogP) is 3.44. The number of nitrogens with one attached hydrogen (secondary N) is 1. The Morgan fingerprint density at radius 1 is 1.40 bits per heavy atom. The van der Waals surface area contributed by atoms with Gasteiger partial charge in [0, 0.05) is 24.3 Å². The molecule has 0 aliphatic carbocycles. The highest BCUT2D eigenvalue weighted by Gasteiger charge is 2.20. The molecule has 1 N–H and O–H groups in total. The van der Waals surface area contributed by atoms with E-state index in [4.69, 9.17) is 0 Å². The van der Waals surface area contributed by atoms with Gasteiger partial charge in [0.05, 0.1) is 10.2 Å². The summed E-state index contributed by atoms with van der Waals surface area (Å²) in [6.07, 6.45) is 0.711. The second-order valence-corrected chi connectivity index (χ2v) is 5.76. The van der Waals surface area contributed by atoms with Crippen molar-refractivity contribution in [3.05, 3.63) is 51.0 Å². The quantitative estimate of drug-likeness (QED) is 0.924. The van der Waals surface area contributed by atoms with Gasteiger partial charge in [-0.15, -0.1) is 0 Å². The minimum atomic E-state index is -0.225. The number of aromatic nitrogens is 2. The molecule has 5 heteroatoms. The highest BCUT2D eigenvalue weighted by molar-refractivity contribution is 9.10. The van der Waals surface area contributed by atoms with Crippen molar-refractivity contribution in [2.75, 3.05) is 7.05 Å². The van der Waals surface area contributed by atoms with Gasteiger partial charge in [0.2, 0.25) is 0 Å². The number of benzene rings is 1. The molecule has 1 atom stereocenters. The maximum absolute atomic E-state index is 13.6. The zero-order chi connectivity index (χ0) is 14.9. The smallest absolute Gasteiger partial charge is 0.137 e.